The van der Waals surface area contributed by atoms with Crippen LogP contribution in [0, 0.1) is 0 Å². The van der Waals surface area contributed by atoms with Crippen molar-refractivity contribution < 1.29 is 23.8 Å². The van der Waals surface area contributed by atoms with Crippen LogP contribution < -0.4 is 0 Å². The van der Waals surface area contributed by atoms with Gasteiger partial charge >= 0.3 is 63.5 Å². The number of ether oxygens (including phenoxy) is 3. The average molecular weight is 242 g/mol. The first-order valence-corrected chi connectivity index (χ1v) is 4.17. The summed E-state index contributed by atoms with van der Waals surface area (Å²) in [5.74, 6) is -0.609. The van der Waals surface area contributed by atoms with Gasteiger partial charge in [-0.2, -0.15) is 0 Å². The van der Waals surface area contributed by atoms with Crippen LogP contribution in [0.1, 0.15) is 20.8 Å². The topological polar surface area (TPSA) is 61.8 Å². The van der Waals surface area contributed by atoms with Gasteiger partial charge in [-0.3, -0.25) is 0 Å². The zero-order chi connectivity index (χ0) is 11.1. The summed E-state index contributed by atoms with van der Waals surface area (Å²) in [6.45, 7) is 8.14. The number of esters is 1. The second-order valence-corrected chi connectivity index (χ2v) is 2.55. The van der Waals surface area contributed by atoms with Crippen molar-refractivity contribution in [2.24, 2.45) is 0 Å². The summed E-state index contributed by atoms with van der Waals surface area (Å²) >= 11 is 0. The molecule has 0 heterocycles. The van der Waals surface area contributed by atoms with Gasteiger partial charge in [0.25, 0.3) is 0 Å². The molecule has 1 unspecified atom stereocenters. The molecule has 0 radical (unpaired) electrons. The Morgan fingerprint density at radius 2 is 1.87 bits per heavy atom. The van der Waals surface area contributed by atoms with E-state index in [2.05, 4.69) is 20.8 Å². The van der Waals surface area contributed by atoms with E-state index in [1.165, 1.54) is 13.8 Å². The molecule has 0 rings (SSSR count). The summed E-state index contributed by atoms with van der Waals surface area (Å²) < 4.78 is 13.7. The number of rotatable bonds is 4. The molecular formula is C9H15KO5. The Morgan fingerprint density at radius 1 is 1.33 bits per heavy atom. The van der Waals surface area contributed by atoms with Gasteiger partial charge in [0, 0.05) is 12.5 Å². The second kappa shape index (κ2) is 9.35. The molecule has 1 atom stereocenters. The van der Waals surface area contributed by atoms with Crippen molar-refractivity contribution in [2.75, 3.05) is 6.61 Å². The van der Waals surface area contributed by atoms with Crippen molar-refractivity contribution >= 4 is 63.5 Å². The molecule has 0 aliphatic carbocycles. The standard InChI is InChI=1S/C9H14O5.K.H/c1-5-12-9(11)14-7(4)13-8(10)6(2)3;;/h7H,2,5H2,1,3-4H3;;. The van der Waals surface area contributed by atoms with Crippen molar-refractivity contribution in [1.29, 1.82) is 0 Å². The Hall–Kier alpha value is 0.116. The van der Waals surface area contributed by atoms with Crippen LogP contribution in [-0.4, -0.2) is 76.4 Å². The van der Waals surface area contributed by atoms with Crippen LogP contribution in [0.2, 0.25) is 0 Å². The van der Waals surface area contributed by atoms with E-state index in [0.29, 0.717) is 0 Å². The number of carbonyl (C=O) groups excluding carboxylic acids is 2. The molecule has 0 saturated carbocycles. The van der Waals surface area contributed by atoms with E-state index in [9.17, 15) is 9.59 Å². The van der Waals surface area contributed by atoms with E-state index in [1.807, 2.05) is 0 Å². The second-order valence-electron chi connectivity index (χ2n) is 2.55. The summed E-state index contributed by atoms with van der Waals surface area (Å²) in [6.07, 6.45) is -1.84. The summed E-state index contributed by atoms with van der Waals surface area (Å²) in [5.41, 5.74) is 0.240. The fourth-order valence-corrected chi connectivity index (χ4v) is 0.563. The normalized spacial score (nSPS) is 10.6. The zero-order valence-corrected chi connectivity index (χ0v) is 8.53. The van der Waals surface area contributed by atoms with Crippen LogP contribution in [0.15, 0.2) is 12.2 Å². The molecule has 82 valence electrons. The third kappa shape index (κ3) is 9.07. The van der Waals surface area contributed by atoms with Crippen molar-refractivity contribution in [2.45, 2.75) is 27.1 Å². The van der Waals surface area contributed by atoms with E-state index in [4.69, 9.17) is 0 Å². The fraction of sp³-hybridized carbons (Fsp3) is 0.556. The van der Waals surface area contributed by atoms with Crippen LogP contribution in [-0.2, 0) is 19.0 Å². The van der Waals surface area contributed by atoms with Crippen molar-refractivity contribution in [3.8, 4) is 0 Å². The van der Waals surface area contributed by atoms with Gasteiger partial charge in [-0.05, 0) is 13.8 Å². The molecule has 0 amide bonds. The van der Waals surface area contributed by atoms with Gasteiger partial charge in [-0.1, -0.05) is 6.58 Å². The molecule has 0 aromatic heterocycles. The Bertz CT molecular complexity index is 239. The molecule has 0 aromatic carbocycles. The molecule has 15 heavy (non-hydrogen) atoms. The van der Waals surface area contributed by atoms with Gasteiger partial charge in [0.15, 0.2) is 0 Å². The average Bonchev–Trinajstić information content (AvgIpc) is 2.03. The van der Waals surface area contributed by atoms with Crippen molar-refractivity contribution in [1.82, 2.24) is 0 Å². The number of hydrogen-bond acceptors (Lipinski definition) is 5. The van der Waals surface area contributed by atoms with Crippen LogP contribution in [0.5, 0.6) is 0 Å². The predicted octanol–water partition coefficient (Wildman–Crippen LogP) is 0.976. The molecule has 6 heteroatoms. The predicted molar refractivity (Wildman–Crippen MR) is 55.6 cm³/mol. The Labute approximate surface area is 132 Å². The maximum atomic E-state index is 10.9. The van der Waals surface area contributed by atoms with E-state index < -0.39 is 18.4 Å². The van der Waals surface area contributed by atoms with E-state index in [0.717, 1.165) is 0 Å². The quantitative estimate of drug-likeness (QED) is 0.318. The molecule has 5 nitrogen and oxygen atoms in total. The SMILES string of the molecule is C=C(C)C(=O)OC(C)OC(=O)OCC.[KH]. The Balaban J connectivity index is 0. The van der Waals surface area contributed by atoms with Gasteiger partial charge in [0.1, 0.15) is 0 Å². The molecule has 0 spiro atoms. The Morgan fingerprint density at radius 3 is 2.27 bits per heavy atom. The number of carbonyl (C=O) groups is 2. The third-order valence-corrected chi connectivity index (χ3v) is 1.15. The third-order valence-electron chi connectivity index (χ3n) is 1.15. The van der Waals surface area contributed by atoms with Gasteiger partial charge in [0.05, 0.1) is 6.61 Å². The molecule has 0 aliphatic rings. The Kier molecular flexibility index (Phi) is 10.9. The first kappa shape index (κ1) is 17.5. The molecule has 0 fully saturated rings. The summed E-state index contributed by atoms with van der Waals surface area (Å²) in [5, 5.41) is 0. The monoisotopic (exact) mass is 242 g/mol. The van der Waals surface area contributed by atoms with Crippen LogP contribution in [0.25, 0.3) is 0 Å². The molecule has 0 bridgehead atoms. The summed E-state index contributed by atoms with van der Waals surface area (Å²) in [6, 6.07) is 0. The van der Waals surface area contributed by atoms with Crippen LogP contribution >= 0.6 is 0 Å². The fourth-order valence-electron chi connectivity index (χ4n) is 0.563. The first-order valence-electron chi connectivity index (χ1n) is 4.17. The van der Waals surface area contributed by atoms with E-state index in [1.54, 1.807) is 6.92 Å². The first-order chi connectivity index (χ1) is 6.47. The molecular weight excluding hydrogens is 227 g/mol. The zero-order valence-electron chi connectivity index (χ0n) is 8.53. The van der Waals surface area contributed by atoms with Crippen LogP contribution in [0.3, 0.4) is 0 Å². The van der Waals surface area contributed by atoms with Crippen LogP contribution in [0.4, 0.5) is 4.79 Å². The molecule has 0 N–H and O–H groups in total. The number of hydrogen-bond donors (Lipinski definition) is 0. The molecule has 0 saturated heterocycles. The summed E-state index contributed by atoms with van der Waals surface area (Å²) in [4.78, 5) is 21.7. The van der Waals surface area contributed by atoms with Gasteiger partial charge in [-0.15, -0.1) is 0 Å². The van der Waals surface area contributed by atoms with Crippen molar-refractivity contribution in [3.63, 3.8) is 0 Å². The van der Waals surface area contributed by atoms with Crippen molar-refractivity contribution in [3.05, 3.63) is 12.2 Å². The molecule has 0 aliphatic heterocycles. The van der Waals surface area contributed by atoms with Gasteiger partial charge < -0.3 is 14.2 Å². The minimum atomic E-state index is -0.974. The van der Waals surface area contributed by atoms with Gasteiger partial charge in [0.2, 0.25) is 6.29 Å². The minimum absolute atomic E-state index is 0. The molecule has 0 aromatic rings. The van der Waals surface area contributed by atoms with Gasteiger partial charge in [-0.25, -0.2) is 9.59 Å². The maximum absolute atomic E-state index is 10.9. The van der Waals surface area contributed by atoms with E-state index >= 15 is 0 Å². The van der Waals surface area contributed by atoms with E-state index in [-0.39, 0.29) is 63.6 Å². The summed E-state index contributed by atoms with van der Waals surface area (Å²) in [7, 11) is 0.